The van der Waals surface area contributed by atoms with E-state index in [-0.39, 0.29) is 33.6 Å². The molecule has 0 unspecified atom stereocenters. The summed E-state index contributed by atoms with van der Waals surface area (Å²) in [4.78, 5) is 24.0. The van der Waals surface area contributed by atoms with Crippen molar-refractivity contribution in [3.63, 3.8) is 0 Å². The molecule has 1 aliphatic carbocycles. The summed E-state index contributed by atoms with van der Waals surface area (Å²) in [6.07, 6.45) is 2.55. The van der Waals surface area contributed by atoms with Gasteiger partial charge < -0.3 is 5.11 Å². The summed E-state index contributed by atoms with van der Waals surface area (Å²) in [6.45, 7) is 11.2. The molecule has 0 spiro atoms. The number of halogens is 1. The standard InChI is InChI=1S/C24H27ClO3/c1-14-10-18-19(24(4,5)9-8-23(18,2)3)11-16(14)13-21(26)15-6-7-17(22(27)28)20(25)12-15/h6-7,10-12H,8-9,13H2,1-5H3,(H,27,28). The predicted octanol–water partition coefficient (Wildman–Crippen LogP) is 6.12. The molecule has 1 aliphatic rings. The molecule has 0 bridgehead atoms. The van der Waals surface area contributed by atoms with Gasteiger partial charge in [-0.15, -0.1) is 0 Å². The summed E-state index contributed by atoms with van der Waals surface area (Å²) in [6, 6.07) is 8.84. The van der Waals surface area contributed by atoms with E-state index in [9.17, 15) is 9.59 Å². The molecule has 1 N–H and O–H groups in total. The van der Waals surface area contributed by atoms with E-state index in [2.05, 4.69) is 46.8 Å². The van der Waals surface area contributed by atoms with Gasteiger partial charge in [-0.1, -0.05) is 57.5 Å². The Morgan fingerprint density at radius 3 is 2.11 bits per heavy atom. The van der Waals surface area contributed by atoms with Gasteiger partial charge in [0.2, 0.25) is 0 Å². The lowest BCUT2D eigenvalue weighted by Crippen LogP contribution is -2.34. The number of ketones is 1. The number of benzene rings is 2. The van der Waals surface area contributed by atoms with Crippen LogP contribution in [0.25, 0.3) is 0 Å². The Morgan fingerprint density at radius 1 is 1.00 bits per heavy atom. The van der Waals surface area contributed by atoms with Gasteiger partial charge in [0, 0.05) is 12.0 Å². The minimum absolute atomic E-state index is 0.00663. The number of hydrogen-bond acceptors (Lipinski definition) is 2. The molecule has 0 fully saturated rings. The highest BCUT2D eigenvalue weighted by atomic mass is 35.5. The molecule has 3 nitrogen and oxygen atoms in total. The van der Waals surface area contributed by atoms with E-state index in [1.54, 1.807) is 6.07 Å². The molecule has 3 rings (SSSR count). The normalized spacial score (nSPS) is 17.1. The molecule has 2 aromatic carbocycles. The van der Waals surface area contributed by atoms with Crippen molar-refractivity contribution in [1.29, 1.82) is 0 Å². The number of Topliss-reactive ketones (excluding diaryl/α,β-unsaturated/α-hetero) is 1. The first-order chi connectivity index (χ1) is 12.9. The fraction of sp³-hybridized carbons (Fsp3) is 0.417. The van der Waals surface area contributed by atoms with Crippen molar-refractivity contribution in [2.75, 3.05) is 0 Å². The molecule has 0 aliphatic heterocycles. The van der Waals surface area contributed by atoms with Crippen LogP contribution >= 0.6 is 11.6 Å². The Bertz CT molecular complexity index is 970. The fourth-order valence-electron chi connectivity index (χ4n) is 4.09. The van der Waals surface area contributed by atoms with Crippen molar-refractivity contribution < 1.29 is 14.7 Å². The second-order valence-electron chi connectivity index (χ2n) is 9.19. The molecule has 0 aromatic heterocycles. The van der Waals surface area contributed by atoms with Gasteiger partial charge in [0.05, 0.1) is 10.6 Å². The first kappa shape index (κ1) is 20.6. The smallest absolute Gasteiger partial charge is 0.337 e. The van der Waals surface area contributed by atoms with Gasteiger partial charge in [-0.2, -0.15) is 0 Å². The van der Waals surface area contributed by atoms with Gasteiger partial charge in [-0.05, 0) is 65.0 Å². The number of carboxylic acid groups (broad SMARTS) is 1. The number of carbonyl (C=O) groups excluding carboxylic acids is 1. The highest BCUT2D eigenvalue weighted by molar-refractivity contribution is 6.33. The van der Waals surface area contributed by atoms with E-state index in [1.165, 1.54) is 23.3 Å². The maximum Gasteiger partial charge on any atom is 0.337 e. The molecule has 148 valence electrons. The van der Waals surface area contributed by atoms with E-state index < -0.39 is 5.97 Å². The molecule has 0 amide bonds. The number of fused-ring (bicyclic) bond motifs is 1. The molecule has 0 heterocycles. The van der Waals surface area contributed by atoms with Crippen LogP contribution in [0.15, 0.2) is 30.3 Å². The van der Waals surface area contributed by atoms with Crippen LogP contribution in [-0.4, -0.2) is 16.9 Å². The third-order valence-electron chi connectivity index (χ3n) is 6.18. The maximum atomic E-state index is 12.9. The lowest BCUT2D eigenvalue weighted by molar-refractivity contribution is 0.0696. The average molecular weight is 399 g/mol. The van der Waals surface area contributed by atoms with Crippen molar-refractivity contribution >= 4 is 23.4 Å². The van der Waals surface area contributed by atoms with Crippen molar-refractivity contribution in [3.8, 4) is 0 Å². The summed E-state index contributed by atoms with van der Waals surface area (Å²) in [5.74, 6) is -1.16. The Balaban J connectivity index is 1.96. The zero-order valence-corrected chi connectivity index (χ0v) is 17.9. The highest BCUT2D eigenvalue weighted by Gasteiger charge is 2.37. The van der Waals surface area contributed by atoms with Gasteiger partial charge >= 0.3 is 5.97 Å². The van der Waals surface area contributed by atoms with E-state index in [0.29, 0.717) is 5.56 Å². The van der Waals surface area contributed by atoms with Crippen molar-refractivity contribution in [2.45, 2.75) is 64.7 Å². The Morgan fingerprint density at radius 2 is 1.57 bits per heavy atom. The molecule has 28 heavy (non-hydrogen) atoms. The van der Waals surface area contributed by atoms with Gasteiger partial charge in [-0.3, -0.25) is 4.79 Å². The van der Waals surface area contributed by atoms with E-state index >= 15 is 0 Å². The maximum absolute atomic E-state index is 12.9. The largest absolute Gasteiger partial charge is 0.478 e. The minimum Gasteiger partial charge on any atom is -0.478 e. The first-order valence-electron chi connectivity index (χ1n) is 9.63. The van der Waals surface area contributed by atoms with Gasteiger partial charge in [-0.25, -0.2) is 4.79 Å². The van der Waals surface area contributed by atoms with Crippen LogP contribution in [0.4, 0.5) is 0 Å². The molecule has 0 radical (unpaired) electrons. The minimum atomic E-state index is -1.10. The Labute approximate surface area is 171 Å². The average Bonchev–Trinajstić information content (AvgIpc) is 2.60. The van der Waals surface area contributed by atoms with Gasteiger partial charge in [0.1, 0.15) is 0 Å². The first-order valence-corrected chi connectivity index (χ1v) is 10.0. The third kappa shape index (κ3) is 3.73. The summed E-state index contributed by atoms with van der Waals surface area (Å²) in [7, 11) is 0. The zero-order chi connectivity index (χ0) is 20.9. The van der Waals surface area contributed by atoms with Crippen LogP contribution in [0.5, 0.6) is 0 Å². The van der Waals surface area contributed by atoms with Crippen LogP contribution in [0.1, 0.15) is 83.5 Å². The number of aromatic carboxylic acids is 1. The molecule has 4 heteroatoms. The Kier molecular flexibility index (Phi) is 5.18. The quantitative estimate of drug-likeness (QED) is 0.631. The number of carboxylic acids is 1. The van der Waals surface area contributed by atoms with Crippen molar-refractivity contribution in [3.05, 3.63) is 68.7 Å². The number of rotatable bonds is 4. The zero-order valence-electron chi connectivity index (χ0n) is 17.1. The summed E-state index contributed by atoms with van der Waals surface area (Å²) in [5.41, 5.74) is 5.52. The van der Waals surface area contributed by atoms with Gasteiger partial charge in [0.15, 0.2) is 5.78 Å². The van der Waals surface area contributed by atoms with E-state index in [4.69, 9.17) is 16.7 Å². The SMILES string of the molecule is Cc1cc2c(cc1CC(=O)c1ccc(C(=O)O)c(Cl)c1)C(C)(C)CCC2(C)C. The number of hydrogen-bond donors (Lipinski definition) is 1. The van der Waals surface area contributed by atoms with Crippen LogP contribution in [0.3, 0.4) is 0 Å². The van der Waals surface area contributed by atoms with E-state index in [0.717, 1.165) is 24.0 Å². The molecule has 0 saturated heterocycles. The summed E-state index contributed by atoms with van der Waals surface area (Å²) < 4.78 is 0. The molecular weight excluding hydrogens is 372 g/mol. The molecular formula is C24H27ClO3. The molecule has 0 saturated carbocycles. The Hall–Kier alpha value is -2.13. The van der Waals surface area contributed by atoms with Crippen LogP contribution in [0.2, 0.25) is 5.02 Å². The third-order valence-corrected chi connectivity index (χ3v) is 6.49. The number of aryl methyl sites for hydroxylation is 1. The predicted molar refractivity (Wildman–Crippen MR) is 113 cm³/mol. The second kappa shape index (κ2) is 7.04. The van der Waals surface area contributed by atoms with Gasteiger partial charge in [0.25, 0.3) is 0 Å². The van der Waals surface area contributed by atoms with Crippen molar-refractivity contribution in [1.82, 2.24) is 0 Å². The van der Waals surface area contributed by atoms with Crippen LogP contribution in [-0.2, 0) is 17.3 Å². The lowest BCUT2D eigenvalue weighted by Gasteiger charge is -2.42. The van der Waals surface area contributed by atoms with E-state index in [1.807, 2.05) is 0 Å². The lowest BCUT2D eigenvalue weighted by atomic mass is 9.62. The summed E-state index contributed by atoms with van der Waals surface area (Å²) in [5, 5.41) is 9.19. The topological polar surface area (TPSA) is 54.4 Å². The molecule has 2 aromatic rings. The monoisotopic (exact) mass is 398 g/mol. The van der Waals surface area contributed by atoms with Crippen LogP contribution in [0, 0.1) is 6.92 Å². The second-order valence-corrected chi connectivity index (χ2v) is 9.60. The highest BCUT2D eigenvalue weighted by Crippen LogP contribution is 2.46. The molecule has 0 atom stereocenters. The van der Waals surface area contributed by atoms with Crippen molar-refractivity contribution in [2.24, 2.45) is 0 Å². The van der Waals surface area contributed by atoms with Crippen LogP contribution < -0.4 is 0 Å². The summed E-state index contributed by atoms with van der Waals surface area (Å²) >= 11 is 6.03. The number of carbonyl (C=O) groups is 2. The fourth-order valence-corrected chi connectivity index (χ4v) is 4.36.